The third-order valence-corrected chi connectivity index (χ3v) is 14.4. The van der Waals surface area contributed by atoms with Crippen molar-refractivity contribution in [2.75, 3.05) is 4.90 Å². The molecule has 0 bridgehead atoms. The quantitative estimate of drug-likeness (QED) is 0.159. The number of fused-ring (bicyclic) bond motifs is 11. The Morgan fingerprint density at radius 3 is 1.75 bits per heavy atom. The number of para-hydroxylation sites is 3. The van der Waals surface area contributed by atoms with Crippen LogP contribution in [0.5, 0.6) is 0 Å². The van der Waals surface area contributed by atoms with Crippen LogP contribution in [0.4, 0.5) is 17.1 Å². The van der Waals surface area contributed by atoms with Gasteiger partial charge in [-0.25, -0.2) is 0 Å². The summed E-state index contributed by atoms with van der Waals surface area (Å²) in [4.78, 5) is 2.46. The maximum atomic E-state index is 6.84. The first-order valence-corrected chi connectivity index (χ1v) is 23.4. The van der Waals surface area contributed by atoms with Gasteiger partial charge in [-0.3, -0.25) is 0 Å². The Morgan fingerprint density at radius 2 is 0.971 bits per heavy atom. The van der Waals surface area contributed by atoms with E-state index in [1.165, 1.54) is 60.8 Å². The molecule has 0 unspecified atom stereocenters. The molecule has 1 aliphatic rings. The largest absolute Gasteiger partial charge is 0.455 e. The van der Waals surface area contributed by atoms with E-state index in [1.54, 1.807) is 0 Å². The standard InChI is InChI=1S/C65H42N2O/c1-4-19-46(20-5-1)65(47-21-6-2-7-22-47)57-29-15-12-26-52(57)53-38-37-50(42-58(53)65)66(61-41-45-18-10-11-25-51(45)64-63(61)55-28-14-17-31-62(55)68-64)49-35-32-43(33-36-49)44-34-39-60-56(40-44)54-27-13-16-30-59(54)67(60)48-23-8-3-9-24-48/h1-42H. The summed E-state index contributed by atoms with van der Waals surface area (Å²) in [5.41, 5.74) is 17.8. The molecule has 11 aromatic carbocycles. The highest BCUT2D eigenvalue weighted by molar-refractivity contribution is 6.22. The molecule has 68 heavy (non-hydrogen) atoms. The van der Waals surface area contributed by atoms with Gasteiger partial charge in [-0.2, -0.15) is 0 Å². The van der Waals surface area contributed by atoms with E-state index in [0.717, 1.165) is 61.0 Å². The lowest BCUT2D eigenvalue weighted by atomic mass is 9.67. The summed E-state index contributed by atoms with van der Waals surface area (Å²) in [6, 6.07) is 93.1. The molecule has 0 saturated heterocycles. The smallest absolute Gasteiger partial charge is 0.145 e. The van der Waals surface area contributed by atoms with Gasteiger partial charge in [0.25, 0.3) is 0 Å². The van der Waals surface area contributed by atoms with Crippen molar-refractivity contribution in [2.45, 2.75) is 5.41 Å². The monoisotopic (exact) mass is 866 g/mol. The molecule has 318 valence electrons. The molecule has 0 fully saturated rings. The molecule has 0 aliphatic heterocycles. The third-order valence-electron chi connectivity index (χ3n) is 14.4. The first-order chi connectivity index (χ1) is 33.7. The van der Waals surface area contributed by atoms with Crippen molar-refractivity contribution >= 4 is 71.6 Å². The van der Waals surface area contributed by atoms with Gasteiger partial charge in [-0.15, -0.1) is 0 Å². The van der Waals surface area contributed by atoms with Crippen molar-refractivity contribution in [2.24, 2.45) is 0 Å². The number of aromatic nitrogens is 1. The molecule has 0 N–H and O–H groups in total. The molecule has 0 amide bonds. The molecule has 13 aromatic rings. The first kappa shape index (κ1) is 38.4. The van der Waals surface area contributed by atoms with Crippen molar-refractivity contribution < 1.29 is 4.42 Å². The lowest BCUT2D eigenvalue weighted by Crippen LogP contribution is -2.28. The van der Waals surface area contributed by atoms with Gasteiger partial charge >= 0.3 is 0 Å². The van der Waals surface area contributed by atoms with Crippen molar-refractivity contribution in [3.63, 3.8) is 0 Å². The second-order valence-electron chi connectivity index (χ2n) is 18.0. The molecule has 2 aromatic heterocycles. The highest BCUT2D eigenvalue weighted by Gasteiger charge is 2.46. The Kier molecular flexibility index (Phi) is 8.50. The third kappa shape index (κ3) is 5.60. The fourth-order valence-electron chi connectivity index (χ4n) is 11.5. The van der Waals surface area contributed by atoms with Crippen LogP contribution in [0, 0.1) is 0 Å². The highest BCUT2D eigenvalue weighted by Crippen LogP contribution is 2.58. The number of anilines is 3. The van der Waals surface area contributed by atoms with Gasteiger partial charge in [0.2, 0.25) is 0 Å². The van der Waals surface area contributed by atoms with Crippen LogP contribution in [0.25, 0.3) is 82.5 Å². The van der Waals surface area contributed by atoms with Crippen molar-refractivity contribution in [3.05, 3.63) is 277 Å². The maximum Gasteiger partial charge on any atom is 0.145 e. The first-order valence-electron chi connectivity index (χ1n) is 23.4. The van der Waals surface area contributed by atoms with E-state index in [2.05, 4.69) is 264 Å². The van der Waals surface area contributed by atoms with E-state index in [4.69, 9.17) is 4.42 Å². The Balaban J connectivity index is 1.00. The van der Waals surface area contributed by atoms with Gasteiger partial charge in [0.1, 0.15) is 11.2 Å². The van der Waals surface area contributed by atoms with Crippen LogP contribution in [0.2, 0.25) is 0 Å². The second kappa shape index (κ2) is 15.1. The van der Waals surface area contributed by atoms with Gasteiger partial charge in [0.15, 0.2) is 0 Å². The van der Waals surface area contributed by atoms with E-state index < -0.39 is 5.41 Å². The normalized spacial score (nSPS) is 12.8. The minimum Gasteiger partial charge on any atom is -0.455 e. The zero-order valence-electron chi connectivity index (χ0n) is 37.1. The lowest BCUT2D eigenvalue weighted by Gasteiger charge is -2.35. The predicted octanol–water partition coefficient (Wildman–Crippen LogP) is 17.3. The van der Waals surface area contributed by atoms with Crippen LogP contribution in [-0.2, 0) is 5.41 Å². The SMILES string of the molecule is c1ccc(-n2c3ccccc3c3cc(-c4ccc(N(c5ccc6c(c5)C(c5ccccc5)(c5ccccc5)c5ccccc5-6)c5cc6ccccc6c6oc7ccccc7c56)cc4)ccc32)cc1. The van der Waals surface area contributed by atoms with E-state index in [1.807, 2.05) is 0 Å². The fourth-order valence-corrected chi connectivity index (χ4v) is 11.5. The van der Waals surface area contributed by atoms with Crippen LogP contribution >= 0.6 is 0 Å². The summed E-state index contributed by atoms with van der Waals surface area (Å²) in [7, 11) is 0. The zero-order valence-corrected chi connectivity index (χ0v) is 37.1. The Bertz CT molecular complexity index is 4030. The molecule has 0 radical (unpaired) electrons. The number of hydrogen-bond donors (Lipinski definition) is 0. The molecule has 1 aliphatic carbocycles. The van der Waals surface area contributed by atoms with Gasteiger partial charge in [0, 0.05) is 38.6 Å². The molecule has 0 saturated carbocycles. The summed E-state index contributed by atoms with van der Waals surface area (Å²) < 4.78 is 9.21. The summed E-state index contributed by atoms with van der Waals surface area (Å²) in [5.74, 6) is 0. The molecule has 14 rings (SSSR count). The van der Waals surface area contributed by atoms with E-state index in [0.29, 0.717) is 0 Å². The van der Waals surface area contributed by atoms with Crippen LogP contribution in [0.15, 0.2) is 259 Å². The zero-order chi connectivity index (χ0) is 44.8. The number of nitrogens with zero attached hydrogens (tertiary/aromatic N) is 2. The average Bonchev–Trinajstić information content (AvgIpc) is 4.07. The van der Waals surface area contributed by atoms with Gasteiger partial charge in [-0.1, -0.05) is 188 Å². The molecule has 0 spiro atoms. The highest BCUT2D eigenvalue weighted by atomic mass is 16.3. The van der Waals surface area contributed by atoms with Gasteiger partial charge in [0.05, 0.1) is 27.5 Å². The van der Waals surface area contributed by atoms with Crippen LogP contribution in [-0.4, -0.2) is 4.57 Å². The minimum absolute atomic E-state index is 0.552. The summed E-state index contributed by atoms with van der Waals surface area (Å²) in [5, 5.41) is 6.87. The lowest BCUT2D eigenvalue weighted by molar-refractivity contribution is 0.672. The summed E-state index contributed by atoms with van der Waals surface area (Å²) >= 11 is 0. The second-order valence-corrected chi connectivity index (χ2v) is 18.0. The van der Waals surface area contributed by atoms with E-state index in [9.17, 15) is 0 Å². The Hall–Kier alpha value is -8.92. The maximum absolute atomic E-state index is 6.84. The van der Waals surface area contributed by atoms with E-state index >= 15 is 0 Å². The van der Waals surface area contributed by atoms with Crippen molar-refractivity contribution in [3.8, 4) is 27.9 Å². The van der Waals surface area contributed by atoms with Crippen LogP contribution in [0.1, 0.15) is 22.3 Å². The van der Waals surface area contributed by atoms with Gasteiger partial charge in [-0.05, 0) is 117 Å². The van der Waals surface area contributed by atoms with E-state index in [-0.39, 0.29) is 0 Å². The summed E-state index contributed by atoms with van der Waals surface area (Å²) in [6.45, 7) is 0. The number of hydrogen-bond acceptors (Lipinski definition) is 2. The molecule has 0 atom stereocenters. The molecular weight excluding hydrogens is 825 g/mol. The molecule has 3 nitrogen and oxygen atoms in total. The summed E-state index contributed by atoms with van der Waals surface area (Å²) in [6.07, 6.45) is 0. The molecular formula is C65H42N2O. The predicted molar refractivity (Wildman–Crippen MR) is 283 cm³/mol. The number of rotatable bonds is 7. The van der Waals surface area contributed by atoms with Crippen molar-refractivity contribution in [1.29, 1.82) is 0 Å². The van der Waals surface area contributed by atoms with Crippen LogP contribution < -0.4 is 4.90 Å². The van der Waals surface area contributed by atoms with Gasteiger partial charge < -0.3 is 13.9 Å². The number of furan rings is 1. The fraction of sp³-hybridized carbons (Fsp3) is 0.0154. The Morgan fingerprint density at radius 1 is 0.382 bits per heavy atom. The van der Waals surface area contributed by atoms with Crippen molar-refractivity contribution in [1.82, 2.24) is 4.57 Å². The molecule has 3 heteroatoms. The Labute approximate surface area is 394 Å². The van der Waals surface area contributed by atoms with Crippen LogP contribution in [0.3, 0.4) is 0 Å². The minimum atomic E-state index is -0.552. The average molecular weight is 867 g/mol. The topological polar surface area (TPSA) is 21.3 Å². The molecule has 2 heterocycles. The number of benzene rings is 11.